The average molecular weight is 284 g/mol. The Balaban J connectivity index is 2.02. The van der Waals surface area contributed by atoms with Gasteiger partial charge in [-0.15, -0.1) is 0 Å². The minimum Gasteiger partial charge on any atom is -0.507 e. The summed E-state index contributed by atoms with van der Waals surface area (Å²) in [5.41, 5.74) is 3.72. The van der Waals surface area contributed by atoms with Crippen LogP contribution >= 0.6 is 0 Å². The second-order valence-corrected chi connectivity index (χ2v) is 5.32. The fraction of sp³-hybridized carbons (Fsp3) is 0.375. The van der Waals surface area contributed by atoms with Crippen molar-refractivity contribution in [2.75, 3.05) is 31.1 Å². The third kappa shape index (κ3) is 2.69. The van der Waals surface area contributed by atoms with Crippen LogP contribution in [0.5, 0.6) is 5.75 Å². The molecule has 1 aliphatic heterocycles. The van der Waals surface area contributed by atoms with Gasteiger partial charge in [0.2, 0.25) is 0 Å². The molecular weight excluding hydrogens is 264 g/mol. The molecule has 0 saturated carbocycles. The molecule has 110 valence electrons. The van der Waals surface area contributed by atoms with Crippen molar-refractivity contribution >= 4 is 5.69 Å². The molecule has 2 aromatic rings. The van der Waals surface area contributed by atoms with Crippen molar-refractivity contribution in [1.82, 2.24) is 15.3 Å². The zero-order valence-electron chi connectivity index (χ0n) is 12.4. The van der Waals surface area contributed by atoms with E-state index in [9.17, 15) is 5.11 Å². The number of piperazine rings is 1. The number of aryl methyl sites for hydroxylation is 2. The van der Waals surface area contributed by atoms with E-state index in [-0.39, 0.29) is 5.75 Å². The predicted molar refractivity (Wildman–Crippen MR) is 83.7 cm³/mol. The van der Waals surface area contributed by atoms with E-state index in [2.05, 4.69) is 20.2 Å². The summed E-state index contributed by atoms with van der Waals surface area (Å²) in [6, 6.07) is 7.18. The van der Waals surface area contributed by atoms with Crippen molar-refractivity contribution in [2.24, 2.45) is 0 Å². The molecule has 0 spiro atoms. The van der Waals surface area contributed by atoms with Gasteiger partial charge in [0.1, 0.15) is 5.75 Å². The molecule has 5 nitrogen and oxygen atoms in total. The molecule has 1 saturated heterocycles. The zero-order chi connectivity index (χ0) is 14.8. The average Bonchev–Trinajstić information content (AvgIpc) is 2.48. The van der Waals surface area contributed by atoms with E-state index >= 15 is 0 Å². The van der Waals surface area contributed by atoms with Gasteiger partial charge in [0, 0.05) is 26.2 Å². The molecule has 0 radical (unpaired) electrons. The molecule has 3 rings (SSSR count). The van der Waals surface area contributed by atoms with Crippen LogP contribution in [0.3, 0.4) is 0 Å². The summed E-state index contributed by atoms with van der Waals surface area (Å²) in [6.45, 7) is 7.94. The second kappa shape index (κ2) is 5.69. The first kappa shape index (κ1) is 13.8. The highest BCUT2D eigenvalue weighted by Gasteiger charge is 2.18. The highest BCUT2D eigenvalue weighted by atomic mass is 16.3. The lowest BCUT2D eigenvalue weighted by Crippen LogP contribution is -2.44. The molecule has 0 bridgehead atoms. The number of aromatic nitrogens is 2. The van der Waals surface area contributed by atoms with Gasteiger partial charge in [-0.3, -0.25) is 0 Å². The first-order chi connectivity index (χ1) is 10.2. The Kier molecular flexibility index (Phi) is 3.75. The number of para-hydroxylation sites is 1. The van der Waals surface area contributed by atoms with Crippen LogP contribution in [0, 0.1) is 13.8 Å². The largest absolute Gasteiger partial charge is 0.507 e. The minimum absolute atomic E-state index is 0.214. The summed E-state index contributed by atoms with van der Waals surface area (Å²) < 4.78 is 0. The maximum Gasteiger partial charge on any atom is 0.163 e. The third-order valence-corrected chi connectivity index (χ3v) is 3.81. The van der Waals surface area contributed by atoms with Gasteiger partial charge in [0.05, 0.1) is 22.6 Å². The van der Waals surface area contributed by atoms with Gasteiger partial charge in [-0.2, -0.15) is 0 Å². The Morgan fingerprint density at radius 3 is 2.29 bits per heavy atom. The summed E-state index contributed by atoms with van der Waals surface area (Å²) in [5, 5.41) is 13.3. The number of aromatic hydroxyl groups is 1. The van der Waals surface area contributed by atoms with Gasteiger partial charge in [0.15, 0.2) is 5.82 Å². The molecule has 1 aromatic heterocycles. The lowest BCUT2D eigenvalue weighted by atomic mass is 10.1. The molecule has 0 atom stereocenters. The van der Waals surface area contributed by atoms with E-state index in [1.165, 1.54) is 0 Å². The number of benzene rings is 1. The molecule has 2 heterocycles. The van der Waals surface area contributed by atoms with E-state index in [0.29, 0.717) is 11.4 Å². The van der Waals surface area contributed by atoms with Crippen LogP contribution in [0.4, 0.5) is 5.69 Å². The molecule has 0 amide bonds. The predicted octanol–water partition coefficient (Wildman–Crippen LogP) is 1.88. The molecule has 5 heteroatoms. The van der Waals surface area contributed by atoms with Gasteiger partial charge in [-0.05, 0) is 26.0 Å². The smallest absolute Gasteiger partial charge is 0.163 e. The number of nitrogens with one attached hydrogen (secondary N) is 1. The van der Waals surface area contributed by atoms with E-state index in [0.717, 1.165) is 43.3 Å². The molecule has 1 fully saturated rings. The topological polar surface area (TPSA) is 61.3 Å². The maximum atomic E-state index is 9.97. The van der Waals surface area contributed by atoms with Crippen LogP contribution < -0.4 is 10.2 Å². The quantitative estimate of drug-likeness (QED) is 0.881. The SMILES string of the molecule is Cc1nc(-c2ccccc2O)nc(C)c1N1CCNCC1. The van der Waals surface area contributed by atoms with Crippen LogP contribution in [-0.4, -0.2) is 41.3 Å². The summed E-state index contributed by atoms with van der Waals surface area (Å²) >= 11 is 0. The van der Waals surface area contributed by atoms with Crippen molar-refractivity contribution in [2.45, 2.75) is 13.8 Å². The van der Waals surface area contributed by atoms with Crippen LogP contribution in [0.25, 0.3) is 11.4 Å². The number of rotatable bonds is 2. The fourth-order valence-corrected chi connectivity index (χ4v) is 2.84. The van der Waals surface area contributed by atoms with Crippen molar-refractivity contribution in [1.29, 1.82) is 0 Å². The number of nitrogens with zero attached hydrogens (tertiary/aromatic N) is 3. The van der Waals surface area contributed by atoms with Gasteiger partial charge in [-0.25, -0.2) is 9.97 Å². The first-order valence-corrected chi connectivity index (χ1v) is 7.26. The van der Waals surface area contributed by atoms with Crippen molar-refractivity contribution in [3.8, 4) is 17.1 Å². The van der Waals surface area contributed by atoms with Gasteiger partial charge in [-0.1, -0.05) is 12.1 Å². The zero-order valence-corrected chi connectivity index (χ0v) is 12.4. The summed E-state index contributed by atoms with van der Waals surface area (Å²) in [6.07, 6.45) is 0. The normalized spacial score (nSPS) is 15.2. The monoisotopic (exact) mass is 284 g/mol. The molecule has 0 unspecified atom stereocenters. The Morgan fingerprint density at radius 2 is 1.67 bits per heavy atom. The lowest BCUT2D eigenvalue weighted by Gasteiger charge is -2.31. The van der Waals surface area contributed by atoms with Crippen LogP contribution in [-0.2, 0) is 0 Å². The molecule has 2 N–H and O–H groups in total. The maximum absolute atomic E-state index is 9.97. The summed E-state index contributed by atoms with van der Waals surface area (Å²) in [4.78, 5) is 11.5. The van der Waals surface area contributed by atoms with Gasteiger partial charge >= 0.3 is 0 Å². The number of phenolic OH excluding ortho intramolecular Hbond substituents is 1. The molecular formula is C16H20N4O. The number of hydrogen-bond acceptors (Lipinski definition) is 5. The third-order valence-electron chi connectivity index (χ3n) is 3.81. The Bertz CT molecular complexity index is 627. The van der Waals surface area contributed by atoms with E-state index < -0.39 is 0 Å². The summed E-state index contributed by atoms with van der Waals surface area (Å²) in [5.74, 6) is 0.799. The van der Waals surface area contributed by atoms with Crippen LogP contribution in [0.1, 0.15) is 11.4 Å². The van der Waals surface area contributed by atoms with Crippen molar-refractivity contribution in [3.63, 3.8) is 0 Å². The highest BCUT2D eigenvalue weighted by Crippen LogP contribution is 2.30. The van der Waals surface area contributed by atoms with Gasteiger partial charge < -0.3 is 15.3 Å². The van der Waals surface area contributed by atoms with Crippen molar-refractivity contribution < 1.29 is 5.11 Å². The number of anilines is 1. The van der Waals surface area contributed by atoms with Gasteiger partial charge in [0.25, 0.3) is 0 Å². The van der Waals surface area contributed by atoms with E-state index in [1.54, 1.807) is 12.1 Å². The Labute approximate surface area is 124 Å². The Morgan fingerprint density at radius 1 is 1.05 bits per heavy atom. The fourth-order valence-electron chi connectivity index (χ4n) is 2.84. The van der Waals surface area contributed by atoms with Crippen LogP contribution in [0.15, 0.2) is 24.3 Å². The Hall–Kier alpha value is -2.14. The molecule has 1 aromatic carbocycles. The molecule has 1 aliphatic rings. The van der Waals surface area contributed by atoms with Crippen molar-refractivity contribution in [3.05, 3.63) is 35.7 Å². The van der Waals surface area contributed by atoms with E-state index in [4.69, 9.17) is 0 Å². The highest BCUT2D eigenvalue weighted by molar-refractivity contribution is 5.66. The standard InChI is InChI=1S/C16H20N4O/c1-11-15(20-9-7-17-8-10-20)12(2)19-16(18-11)13-5-3-4-6-14(13)21/h3-6,17,21H,7-10H2,1-2H3. The first-order valence-electron chi connectivity index (χ1n) is 7.26. The number of hydrogen-bond donors (Lipinski definition) is 2. The summed E-state index contributed by atoms with van der Waals surface area (Å²) in [7, 11) is 0. The molecule has 21 heavy (non-hydrogen) atoms. The number of phenols is 1. The van der Waals surface area contributed by atoms with Crippen LogP contribution in [0.2, 0.25) is 0 Å². The second-order valence-electron chi connectivity index (χ2n) is 5.32. The van der Waals surface area contributed by atoms with E-state index in [1.807, 2.05) is 26.0 Å². The minimum atomic E-state index is 0.214. The molecule has 0 aliphatic carbocycles. The lowest BCUT2D eigenvalue weighted by molar-refractivity contribution is 0.477.